The molecule has 150 valence electrons. The van der Waals surface area contributed by atoms with E-state index in [1.165, 1.54) is 5.56 Å². The van der Waals surface area contributed by atoms with Crippen LogP contribution in [0.15, 0.2) is 66.7 Å². The fourth-order valence-electron chi connectivity index (χ4n) is 3.77. The summed E-state index contributed by atoms with van der Waals surface area (Å²) in [6.45, 7) is 3.90. The molecule has 0 unspecified atom stereocenters. The highest BCUT2D eigenvalue weighted by molar-refractivity contribution is 6.13. The van der Waals surface area contributed by atoms with Crippen molar-refractivity contribution in [1.29, 1.82) is 0 Å². The van der Waals surface area contributed by atoms with E-state index >= 15 is 0 Å². The van der Waals surface area contributed by atoms with Crippen LogP contribution in [-0.2, 0) is 9.59 Å². The van der Waals surface area contributed by atoms with Gasteiger partial charge in [0.05, 0.1) is 0 Å². The number of hydrogen-bond donors (Lipinski definition) is 1. The Morgan fingerprint density at radius 1 is 0.897 bits per heavy atom. The maximum atomic E-state index is 13.1. The molecule has 0 radical (unpaired) electrons. The summed E-state index contributed by atoms with van der Waals surface area (Å²) in [6.07, 6.45) is 5.59. The van der Waals surface area contributed by atoms with Gasteiger partial charge in [-0.25, -0.2) is 0 Å². The fraction of sp³-hybridized carbons (Fsp3) is 0.333. The van der Waals surface area contributed by atoms with E-state index < -0.39 is 5.41 Å². The Bertz CT molecular complexity index is 868. The molecule has 4 rings (SSSR count). The molecule has 0 aromatic heterocycles. The molecule has 2 amide bonds. The third-order valence-electron chi connectivity index (χ3n) is 5.76. The van der Waals surface area contributed by atoms with Crippen molar-refractivity contribution in [3.63, 3.8) is 0 Å². The first kappa shape index (κ1) is 19.4. The summed E-state index contributed by atoms with van der Waals surface area (Å²) in [5.74, 6) is -0.174. The van der Waals surface area contributed by atoms with E-state index in [0.29, 0.717) is 25.9 Å². The lowest BCUT2D eigenvalue weighted by Crippen LogP contribution is -2.52. The molecule has 1 aliphatic carbocycles. The molecule has 0 spiro atoms. The van der Waals surface area contributed by atoms with Crippen molar-refractivity contribution in [2.75, 3.05) is 38.0 Å². The highest BCUT2D eigenvalue weighted by Crippen LogP contribution is 2.48. The number of benzene rings is 2. The first-order chi connectivity index (χ1) is 14.2. The highest BCUT2D eigenvalue weighted by Gasteiger charge is 2.58. The van der Waals surface area contributed by atoms with Crippen LogP contribution in [0.3, 0.4) is 0 Å². The Kier molecular flexibility index (Phi) is 5.76. The molecule has 1 heterocycles. The van der Waals surface area contributed by atoms with Crippen LogP contribution in [-0.4, -0.2) is 54.3 Å². The van der Waals surface area contributed by atoms with Gasteiger partial charge in [-0.3, -0.25) is 14.5 Å². The lowest BCUT2D eigenvalue weighted by atomic mass is 10.0. The minimum Gasteiger partial charge on any atom is -0.339 e. The Morgan fingerprint density at radius 2 is 1.52 bits per heavy atom. The Hall–Kier alpha value is -2.92. The van der Waals surface area contributed by atoms with Crippen LogP contribution in [0.25, 0.3) is 6.08 Å². The van der Waals surface area contributed by atoms with Gasteiger partial charge in [0.2, 0.25) is 11.8 Å². The van der Waals surface area contributed by atoms with Crippen LogP contribution in [0.5, 0.6) is 0 Å². The molecule has 1 saturated carbocycles. The van der Waals surface area contributed by atoms with Crippen molar-refractivity contribution in [1.82, 2.24) is 9.80 Å². The smallest absolute Gasteiger partial charge is 0.240 e. The van der Waals surface area contributed by atoms with Crippen molar-refractivity contribution in [3.8, 4) is 0 Å². The second kappa shape index (κ2) is 8.62. The molecule has 2 aromatic rings. The predicted molar refractivity (Wildman–Crippen MR) is 115 cm³/mol. The third kappa shape index (κ3) is 4.57. The van der Waals surface area contributed by atoms with E-state index in [1.54, 1.807) is 0 Å². The molecule has 2 fully saturated rings. The van der Waals surface area contributed by atoms with Gasteiger partial charge in [0, 0.05) is 38.4 Å². The molecule has 1 N–H and O–H groups in total. The van der Waals surface area contributed by atoms with Crippen LogP contribution in [0, 0.1) is 5.41 Å². The summed E-state index contributed by atoms with van der Waals surface area (Å²) in [4.78, 5) is 30.0. The van der Waals surface area contributed by atoms with Crippen molar-refractivity contribution < 1.29 is 9.59 Å². The summed E-state index contributed by atoms with van der Waals surface area (Å²) in [5.41, 5.74) is 1.08. The number of piperazine rings is 1. The summed E-state index contributed by atoms with van der Waals surface area (Å²) >= 11 is 0. The lowest BCUT2D eigenvalue weighted by Gasteiger charge is -2.35. The summed E-state index contributed by atoms with van der Waals surface area (Å²) in [5, 5.41) is 2.91. The Labute approximate surface area is 172 Å². The van der Waals surface area contributed by atoms with Crippen molar-refractivity contribution in [2.24, 2.45) is 5.41 Å². The van der Waals surface area contributed by atoms with Crippen LogP contribution in [0.2, 0.25) is 0 Å². The van der Waals surface area contributed by atoms with Gasteiger partial charge in [0.1, 0.15) is 5.41 Å². The van der Waals surface area contributed by atoms with Gasteiger partial charge in [0.15, 0.2) is 0 Å². The molecule has 29 heavy (non-hydrogen) atoms. The maximum Gasteiger partial charge on any atom is 0.240 e. The highest BCUT2D eigenvalue weighted by atomic mass is 16.2. The third-order valence-corrected chi connectivity index (χ3v) is 5.76. The summed E-state index contributed by atoms with van der Waals surface area (Å²) < 4.78 is 0. The minimum atomic E-state index is -0.856. The number of nitrogens with one attached hydrogen (secondary N) is 1. The zero-order valence-electron chi connectivity index (χ0n) is 16.6. The number of amides is 2. The van der Waals surface area contributed by atoms with Gasteiger partial charge < -0.3 is 10.2 Å². The normalized spacial score (nSPS) is 18.6. The van der Waals surface area contributed by atoms with E-state index in [0.717, 1.165) is 25.3 Å². The molecule has 1 aliphatic heterocycles. The molecule has 2 aromatic carbocycles. The number of nitrogens with zero attached hydrogens (tertiary/aromatic N) is 2. The zero-order chi connectivity index (χ0) is 20.1. The average molecular weight is 389 g/mol. The van der Waals surface area contributed by atoms with E-state index in [2.05, 4.69) is 34.5 Å². The molecule has 0 bridgehead atoms. The zero-order valence-corrected chi connectivity index (χ0v) is 16.6. The van der Waals surface area contributed by atoms with Crippen molar-refractivity contribution in [3.05, 3.63) is 72.3 Å². The summed E-state index contributed by atoms with van der Waals surface area (Å²) in [6, 6.07) is 19.6. The van der Waals surface area contributed by atoms with Crippen molar-refractivity contribution >= 4 is 23.6 Å². The number of anilines is 1. The van der Waals surface area contributed by atoms with Gasteiger partial charge in [-0.15, -0.1) is 0 Å². The van der Waals surface area contributed by atoms with Crippen LogP contribution in [0.1, 0.15) is 18.4 Å². The Morgan fingerprint density at radius 3 is 2.14 bits per heavy atom. The number of carbonyl (C=O) groups is 2. The fourth-order valence-corrected chi connectivity index (χ4v) is 3.77. The van der Waals surface area contributed by atoms with E-state index in [1.807, 2.05) is 53.4 Å². The first-order valence-electron chi connectivity index (χ1n) is 10.3. The van der Waals surface area contributed by atoms with Gasteiger partial charge in [0.25, 0.3) is 0 Å². The number of carbonyl (C=O) groups excluding carboxylic acids is 2. The molecule has 2 aliphatic rings. The second-order valence-corrected chi connectivity index (χ2v) is 7.81. The SMILES string of the molecule is O=C(Nc1ccccc1)C1(C(=O)N2CCN(C/C=C/c3ccccc3)CC2)CC1. The second-order valence-electron chi connectivity index (χ2n) is 7.81. The standard InChI is InChI=1S/C24H27N3O2/c28-22(25-21-11-5-2-6-12-21)24(13-14-24)23(29)27-18-16-26(17-19-27)15-7-10-20-8-3-1-4-9-20/h1-12H,13-19H2,(H,25,28)/b10-7+. The van der Waals surface area contributed by atoms with Crippen molar-refractivity contribution in [2.45, 2.75) is 12.8 Å². The minimum absolute atomic E-state index is 0.00888. The molecule has 5 nitrogen and oxygen atoms in total. The van der Waals surface area contributed by atoms with Crippen LogP contribution < -0.4 is 5.32 Å². The molecule has 5 heteroatoms. The monoisotopic (exact) mass is 389 g/mol. The molecular weight excluding hydrogens is 362 g/mol. The number of hydrogen-bond acceptors (Lipinski definition) is 3. The average Bonchev–Trinajstić information content (AvgIpc) is 3.57. The van der Waals surface area contributed by atoms with E-state index in [-0.39, 0.29) is 11.8 Å². The van der Waals surface area contributed by atoms with Crippen LogP contribution >= 0.6 is 0 Å². The first-order valence-corrected chi connectivity index (χ1v) is 10.3. The topological polar surface area (TPSA) is 52.7 Å². The largest absolute Gasteiger partial charge is 0.339 e. The molecule has 0 atom stereocenters. The predicted octanol–water partition coefficient (Wildman–Crippen LogP) is 3.26. The number of rotatable bonds is 6. The lowest BCUT2D eigenvalue weighted by molar-refractivity contribution is -0.143. The maximum absolute atomic E-state index is 13.1. The van der Waals surface area contributed by atoms with Gasteiger partial charge in [-0.2, -0.15) is 0 Å². The molecule has 1 saturated heterocycles. The van der Waals surface area contributed by atoms with E-state index in [4.69, 9.17) is 0 Å². The van der Waals surface area contributed by atoms with Gasteiger partial charge in [-0.05, 0) is 30.5 Å². The Balaban J connectivity index is 1.27. The van der Waals surface area contributed by atoms with Gasteiger partial charge in [-0.1, -0.05) is 60.7 Å². The summed E-state index contributed by atoms with van der Waals surface area (Å²) in [7, 11) is 0. The quantitative estimate of drug-likeness (QED) is 0.772. The molecular formula is C24H27N3O2. The van der Waals surface area contributed by atoms with Gasteiger partial charge >= 0.3 is 0 Å². The van der Waals surface area contributed by atoms with E-state index in [9.17, 15) is 9.59 Å². The van der Waals surface area contributed by atoms with Crippen LogP contribution in [0.4, 0.5) is 5.69 Å². The number of para-hydroxylation sites is 1.